The van der Waals surface area contributed by atoms with Crippen LogP contribution >= 0.6 is 11.6 Å². The average molecular weight is 357 g/mol. The molecule has 1 unspecified atom stereocenters. The van der Waals surface area contributed by atoms with E-state index >= 15 is 0 Å². The second-order valence-electron chi connectivity index (χ2n) is 6.60. The van der Waals surface area contributed by atoms with Crippen molar-refractivity contribution < 1.29 is 9.59 Å². The first-order valence-electron chi connectivity index (χ1n) is 8.30. The Morgan fingerprint density at radius 3 is 2.68 bits per heavy atom. The molecule has 1 heterocycles. The Balaban J connectivity index is 1.75. The zero-order chi connectivity index (χ0) is 18.1. The minimum atomic E-state index is -0.384. The third-order valence-electron chi connectivity index (χ3n) is 4.75. The van der Waals surface area contributed by atoms with E-state index in [-0.39, 0.29) is 24.2 Å². The quantitative estimate of drug-likeness (QED) is 0.893. The summed E-state index contributed by atoms with van der Waals surface area (Å²) in [4.78, 5) is 26.7. The molecule has 0 aliphatic carbocycles. The molecular weight excluding hydrogens is 336 g/mol. The Hall–Kier alpha value is -2.33. The number of benzene rings is 2. The standard InChI is InChI=1S/C20H21ClN2O2/c1-12-7-8-17(16(21)9-12)22-20(25)15-10-19(24)23(11-15)18-6-4-5-13(2)14(18)3/h4-9,15H,10-11H2,1-3H3,(H,22,25). The SMILES string of the molecule is Cc1ccc(NC(=O)C2CC(=O)N(c3cccc(C)c3C)C2)c(Cl)c1. The Morgan fingerprint density at radius 2 is 1.96 bits per heavy atom. The number of nitrogens with one attached hydrogen (secondary N) is 1. The summed E-state index contributed by atoms with van der Waals surface area (Å²) >= 11 is 6.18. The summed E-state index contributed by atoms with van der Waals surface area (Å²) in [5.74, 6) is -0.583. The van der Waals surface area contributed by atoms with Gasteiger partial charge in [-0.1, -0.05) is 29.8 Å². The van der Waals surface area contributed by atoms with Crippen LogP contribution in [-0.2, 0) is 9.59 Å². The van der Waals surface area contributed by atoms with E-state index in [1.54, 1.807) is 17.0 Å². The van der Waals surface area contributed by atoms with Crippen molar-refractivity contribution in [3.05, 3.63) is 58.1 Å². The Kier molecular flexibility index (Phi) is 4.82. The average Bonchev–Trinajstić information content (AvgIpc) is 2.94. The third kappa shape index (κ3) is 3.54. The van der Waals surface area contributed by atoms with Crippen molar-refractivity contribution in [2.24, 2.45) is 5.92 Å². The van der Waals surface area contributed by atoms with Crippen LogP contribution in [0.5, 0.6) is 0 Å². The molecule has 0 saturated carbocycles. The van der Waals surface area contributed by atoms with E-state index in [1.165, 1.54) is 0 Å². The predicted molar refractivity (Wildman–Crippen MR) is 101 cm³/mol. The fourth-order valence-corrected chi connectivity index (χ4v) is 3.38. The number of aryl methyl sites for hydroxylation is 2. The maximum Gasteiger partial charge on any atom is 0.229 e. The van der Waals surface area contributed by atoms with Crippen LogP contribution in [0.2, 0.25) is 5.02 Å². The zero-order valence-corrected chi connectivity index (χ0v) is 15.4. The molecule has 1 aliphatic rings. The minimum absolute atomic E-state index is 0.0242. The largest absolute Gasteiger partial charge is 0.324 e. The van der Waals surface area contributed by atoms with E-state index in [2.05, 4.69) is 5.32 Å². The Morgan fingerprint density at radius 1 is 1.20 bits per heavy atom. The van der Waals surface area contributed by atoms with Gasteiger partial charge in [-0.15, -0.1) is 0 Å². The molecular formula is C20H21ClN2O2. The molecule has 3 rings (SSSR count). The molecule has 0 bridgehead atoms. The molecule has 0 radical (unpaired) electrons. The summed E-state index contributed by atoms with van der Waals surface area (Å²) in [5.41, 5.74) is 4.69. The lowest BCUT2D eigenvalue weighted by atomic mass is 10.1. The number of carbonyl (C=O) groups is 2. The lowest BCUT2D eigenvalue weighted by molar-refractivity contribution is -0.122. The van der Waals surface area contributed by atoms with Crippen LogP contribution in [0.15, 0.2) is 36.4 Å². The monoisotopic (exact) mass is 356 g/mol. The van der Waals surface area contributed by atoms with Crippen molar-refractivity contribution >= 4 is 34.8 Å². The van der Waals surface area contributed by atoms with Gasteiger partial charge < -0.3 is 10.2 Å². The van der Waals surface area contributed by atoms with Crippen molar-refractivity contribution in [2.45, 2.75) is 27.2 Å². The van der Waals surface area contributed by atoms with Crippen LogP contribution in [-0.4, -0.2) is 18.4 Å². The van der Waals surface area contributed by atoms with Gasteiger partial charge in [-0.25, -0.2) is 0 Å². The van der Waals surface area contributed by atoms with Crippen molar-refractivity contribution in [2.75, 3.05) is 16.8 Å². The molecule has 2 aromatic carbocycles. The van der Waals surface area contributed by atoms with Gasteiger partial charge in [-0.05, 0) is 55.7 Å². The third-order valence-corrected chi connectivity index (χ3v) is 5.06. The van der Waals surface area contributed by atoms with Crippen molar-refractivity contribution in [3.8, 4) is 0 Å². The molecule has 0 spiro atoms. The molecule has 4 nitrogen and oxygen atoms in total. The summed E-state index contributed by atoms with van der Waals surface area (Å²) in [6.07, 6.45) is 0.211. The Labute approximate surface area is 152 Å². The van der Waals surface area contributed by atoms with Crippen molar-refractivity contribution in [3.63, 3.8) is 0 Å². The lowest BCUT2D eigenvalue weighted by Crippen LogP contribution is -2.28. The van der Waals surface area contributed by atoms with Crippen LogP contribution in [0.1, 0.15) is 23.1 Å². The highest BCUT2D eigenvalue weighted by molar-refractivity contribution is 6.33. The highest BCUT2D eigenvalue weighted by Crippen LogP contribution is 2.30. The number of rotatable bonds is 3. The number of hydrogen-bond acceptors (Lipinski definition) is 2. The number of nitrogens with zero attached hydrogens (tertiary/aromatic N) is 1. The van der Waals surface area contributed by atoms with Crippen molar-refractivity contribution in [1.82, 2.24) is 0 Å². The molecule has 1 atom stereocenters. The molecule has 2 amide bonds. The maximum absolute atomic E-state index is 12.6. The van der Waals surface area contributed by atoms with E-state index in [4.69, 9.17) is 11.6 Å². The number of hydrogen-bond donors (Lipinski definition) is 1. The first-order chi connectivity index (χ1) is 11.9. The first-order valence-corrected chi connectivity index (χ1v) is 8.68. The molecule has 130 valence electrons. The maximum atomic E-state index is 12.6. The van der Waals surface area contributed by atoms with E-state index in [9.17, 15) is 9.59 Å². The molecule has 1 aliphatic heterocycles. The molecule has 2 aromatic rings. The van der Waals surface area contributed by atoms with Crippen LogP contribution in [0.4, 0.5) is 11.4 Å². The van der Waals surface area contributed by atoms with Gasteiger partial charge in [0.2, 0.25) is 11.8 Å². The normalized spacial score (nSPS) is 17.0. The van der Waals surface area contributed by atoms with Gasteiger partial charge in [0.25, 0.3) is 0 Å². The molecule has 1 fully saturated rings. The fourth-order valence-electron chi connectivity index (χ4n) is 3.10. The molecule has 1 N–H and O–H groups in total. The summed E-state index contributed by atoms with van der Waals surface area (Å²) in [6.45, 7) is 6.34. The topological polar surface area (TPSA) is 49.4 Å². The van der Waals surface area contributed by atoms with Gasteiger partial charge in [0.1, 0.15) is 0 Å². The molecule has 5 heteroatoms. The summed E-state index contributed by atoms with van der Waals surface area (Å²) in [6, 6.07) is 11.4. The second-order valence-corrected chi connectivity index (χ2v) is 7.00. The van der Waals surface area contributed by atoms with Crippen LogP contribution in [0, 0.1) is 26.7 Å². The van der Waals surface area contributed by atoms with Crippen molar-refractivity contribution in [1.29, 1.82) is 0 Å². The highest BCUT2D eigenvalue weighted by atomic mass is 35.5. The minimum Gasteiger partial charge on any atom is -0.324 e. The number of halogens is 1. The number of amides is 2. The van der Waals surface area contributed by atoms with Gasteiger partial charge in [0.15, 0.2) is 0 Å². The summed E-state index contributed by atoms with van der Waals surface area (Å²) in [7, 11) is 0. The molecule has 1 saturated heterocycles. The number of carbonyl (C=O) groups excluding carboxylic acids is 2. The fraction of sp³-hybridized carbons (Fsp3) is 0.300. The van der Waals surface area contributed by atoms with Crippen LogP contribution < -0.4 is 10.2 Å². The van der Waals surface area contributed by atoms with Crippen LogP contribution in [0.25, 0.3) is 0 Å². The number of anilines is 2. The lowest BCUT2D eigenvalue weighted by Gasteiger charge is -2.20. The smallest absolute Gasteiger partial charge is 0.229 e. The summed E-state index contributed by atoms with van der Waals surface area (Å²) in [5, 5.41) is 3.35. The van der Waals surface area contributed by atoms with Crippen LogP contribution in [0.3, 0.4) is 0 Å². The van der Waals surface area contributed by atoms with E-state index in [0.29, 0.717) is 17.3 Å². The predicted octanol–water partition coefficient (Wildman–Crippen LogP) is 4.26. The van der Waals surface area contributed by atoms with Gasteiger partial charge >= 0.3 is 0 Å². The highest BCUT2D eigenvalue weighted by Gasteiger charge is 2.35. The summed E-state index contributed by atoms with van der Waals surface area (Å²) < 4.78 is 0. The van der Waals surface area contributed by atoms with Gasteiger partial charge in [0, 0.05) is 18.7 Å². The van der Waals surface area contributed by atoms with E-state index in [0.717, 1.165) is 22.4 Å². The molecule has 25 heavy (non-hydrogen) atoms. The zero-order valence-electron chi connectivity index (χ0n) is 14.6. The van der Waals surface area contributed by atoms with Gasteiger partial charge in [0.05, 0.1) is 16.6 Å². The van der Waals surface area contributed by atoms with Gasteiger partial charge in [-0.2, -0.15) is 0 Å². The van der Waals surface area contributed by atoms with Gasteiger partial charge in [-0.3, -0.25) is 9.59 Å². The van der Waals surface area contributed by atoms with E-state index in [1.807, 2.05) is 45.0 Å². The second kappa shape index (κ2) is 6.89. The van der Waals surface area contributed by atoms with E-state index < -0.39 is 0 Å². The first kappa shape index (κ1) is 17.5. The molecule has 0 aromatic heterocycles. The Bertz CT molecular complexity index is 848.